The van der Waals surface area contributed by atoms with Gasteiger partial charge >= 0.3 is 0 Å². The SMILES string of the molecule is CCn1cc(Br)c(-c2ccnc3cc(C(=O)Nc4cnn(Cc5cccc(OC)c5)c4)nn23)n1. The highest BCUT2D eigenvalue weighted by molar-refractivity contribution is 9.10. The molecule has 11 heteroatoms. The summed E-state index contributed by atoms with van der Waals surface area (Å²) in [6, 6.07) is 11.2. The Labute approximate surface area is 203 Å². The molecule has 34 heavy (non-hydrogen) atoms. The Kier molecular flexibility index (Phi) is 5.84. The molecule has 0 radical (unpaired) electrons. The number of nitrogens with zero attached hydrogens (tertiary/aromatic N) is 7. The van der Waals surface area contributed by atoms with Crippen LogP contribution in [-0.2, 0) is 13.1 Å². The largest absolute Gasteiger partial charge is 0.497 e. The van der Waals surface area contributed by atoms with Crippen molar-refractivity contribution in [1.82, 2.24) is 34.2 Å². The van der Waals surface area contributed by atoms with Crippen molar-refractivity contribution in [3.63, 3.8) is 0 Å². The molecule has 0 aliphatic carbocycles. The Morgan fingerprint density at radius 3 is 2.82 bits per heavy atom. The standard InChI is InChI=1S/C23H21BrN8O2/c1-3-30-14-18(24)22(29-30)20-7-8-25-21-10-19(28-32(20)21)23(33)27-16-11-26-31(13-16)12-15-5-4-6-17(9-15)34-2/h4-11,13-14H,3,12H2,1-2H3,(H,27,33). The van der Waals surface area contributed by atoms with E-state index < -0.39 is 0 Å². The fourth-order valence-electron chi connectivity index (χ4n) is 3.59. The summed E-state index contributed by atoms with van der Waals surface area (Å²) in [6.07, 6.45) is 6.95. The zero-order valence-corrected chi connectivity index (χ0v) is 20.1. The summed E-state index contributed by atoms with van der Waals surface area (Å²) in [5.41, 5.74) is 3.86. The van der Waals surface area contributed by atoms with Gasteiger partial charge in [0, 0.05) is 31.2 Å². The van der Waals surface area contributed by atoms with E-state index in [-0.39, 0.29) is 11.6 Å². The van der Waals surface area contributed by atoms with E-state index >= 15 is 0 Å². The molecule has 172 valence electrons. The van der Waals surface area contributed by atoms with Crippen LogP contribution in [0, 0.1) is 0 Å². The van der Waals surface area contributed by atoms with Crippen molar-refractivity contribution in [2.75, 3.05) is 12.4 Å². The number of aromatic nitrogens is 7. The molecule has 0 bridgehead atoms. The van der Waals surface area contributed by atoms with Crippen LogP contribution in [0.1, 0.15) is 23.0 Å². The highest BCUT2D eigenvalue weighted by Crippen LogP contribution is 2.27. The topological polar surface area (TPSA) is 104 Å². The molecule has 0 atom stereocenters. The highest BCUT2D eigenvalue weighted by Gasteiger charge is 2.18. The van der Waals surface area contributed by atoms with Crippen LogP contribution in [0.4, 0.5) is 5.69 Å². The Hall–Kier alpha value is -3.99. The van der Waals surface area contributed by atoms with Gasteiger partial charge in [0.2, 0.25) is 0 Å². The molecule has 0 fully saturated rings. The number of hydrogen-bond donors (Lipinski definition) is 1. The van der Waals surface area contributed by atoms with Gasteiger partial charge in [-0.25, -0.2) is 9.50 Å². The molecule has 1 aromatic carbocycles. The Morgan fingerprint density at radius 2 is 2.03 bits per heavy atom. The van der Waals surface area contributed by atoms with Gasteiger partial charge in [-0.1, -0.05) is 12.1 Å². The molecule has 5 aromatic rings. The zero-order chi connectivity index (χ0) is 23.7. The van der Waals surface area contributed by atoms with Crippen molar-refractivity contribution in [3.05, 3.63) is 76.9 Å². The van der Waals surface area contributed by atoms with E-state index in [2.05, 4.69) is 41.5 Å². The number of methoxy groups -OCH3 is 1. The lowest BCUT2D eigenvalue weighted by molar-refractivity contribution is 0.102. The van der Waals surface area contributed by atoms with Gasteiger partial charge in [-0.15, -0.1) is 0 Å². The van der Waals surface area contributed by atoms with E-state index in [1.165, 1.54) is 0 Å². The monoisotopic (exact) mass is 520 g/mol. The number of benzene rings is 1. The number of carbonyl (C=O) groups is 1. The van der Waals surface area contributed by atoms with Gasteiger partial charge in [0.15, 0.2) is 11.3 Å². The van der Waals surface area contributed by atoms with Crippen LogP contribution in [0.3, 0.4) is 0 Å². The third-order valence-electron chi connectivity index (χ3n) is 5.24. The maximum absolute atomic E-state index is 12.9. The fraction of sp³-hybridized carbons (Fsp3) is 0.174. The molecule has 0 unspecified atom stereocenters. The summed E-state index contributed by atoms with van der Waals surface area (Å²) < 4.78 is 11.3. The van der Waals surface area contributed by atoms with Crippen LogP contribution in [0.15, 0.2) is 65.7 Å². The van der Waals surface area contributed by atoms with Crippen LogP contribution in [0.5, 0.6) is 5.75 Å². The first-order valence-corrected chi connectivity index (χ1v) is 11.4. The van der Waals surface area contributed by atoms with Crippen molar-refractivity contribution in [1.29, 1.82) is 0 Å². The maximum atomic E-state index is 12.9. The van der Waals surface area contributed by atoms with Gasteiger partial charge in [0.1, 0.15) is 11.4 Å². The summed E-state index contributed by atoms with van der Waals surface area (Å²) in [5, 5.41) is 16.3. The van der Waals surface area contributed by atoms with Crippen molar-refractivity contribution in [3.8, 4) is 17.1 Å². The summed E-state index contributed by atoms with van der Waals surface area (Å²) in [6.45, 7) is 3.31. The first-order valence-electron chi connectivity index (χ1n) is 10.6. The summed E-state index contributed by atoms with van der Waals surface area (Å²) >= 11 is 3.55. The van der Waals surface area contributed by atoms with E-state index in [0.29, 0.717) is 17.9 Å². The van der Waals surface area contributed by atoms with Crippen molar-refractivity contribution in [2.45, 2.75) is 20.0 Å². The molecule has 0 saturated carbocycles. The normalized spacial score (nSPS) is 11.1. The fourth-order valence-corrected chi connectivity index (χ4v) is 4.10. The smallest absolute Gasteiger partial charge is 0.276 e. The summed E-state index contributed by atoms with van der Waals surface area (Å²) in [7, 11) is 1.63. The van der Waals surface area contributed by atoms with Crippen LogP contribution in [0.25, 0.3) is 17.0 Å². The number of carbonyl (C=O) groups excluding carboxylic acids is 1. The predicted octanol–water partition coefficient (Wildman–Crippen LogP) is 3.88. The minimum absolute atomic E-state index is 0.242. The number of ether oxygens (including phenoxy) is 1. The summed E-state index contributed by atoms with van der Waals surface area (Å²) in [5.74, 6) is 0.432. The van der Waals surface area contributed by atoms with E-state index in [1.807, 2.05) is 48.1 Å². The van der Waals surface area contributed by atoms with Gasteiger partial charge in [-0.2, -0.15) is 15.3 Å². The molecular formula is C23H21BrN8O2. The van der Waals surface area contributed by atoms with E-state index in [4.69, 9.17) is 4.74 Å². The van der Waals surface area contributed by atoms with Crippen molar-refractivity contribution in [2.24, 2.45) is 0 Å². The van der Waals surface area contributed by atoms with Gasteiger partial charge < -0.3 is 10.1 Å². The molecule has 4 heterocycles. The Morgan fingerprint density at radius 1 is 1.15 bits per heavy atom. The number of hydrogen-bond acceptors (Lipinski definition) is 6. The van der Waals surface area contributed by atoms with Gasteiger partial charge in [0.05, 0.1) is 35.7 Å². The molecule has 0 spiro atoms. The molecule has 0 saturated heterocycles. The lowest BCUT2D eigenvalue weighted by Crippen LogP contribution is -2.12. The van der Waals surface area contributed by atoms with Crippen LogP contribution < -0.4 is 10.1 Å². The second kappa shape index (κ2) is 9.10. The molecule has 0 aliphatic heterocycles. The zero-order valence-electron chi connectivity index (χ0n) is 18.5. The third kappa shape index (κ3) is 4.29. The molecule has 5 rings (SSSR count). The van der Waals surface area contributed by atoms with E-state index in [9.17, 15) is 4.79 Å². The van der Waals surface area contributed by atoms with E-state index in [0.717, 1.165) is 33.7 Å². The molecular weight excluding hydrogens is 500 g/mol. The molecule has 4 aromatic heterocycles. The second-order valence-electron chi connectivity index (χ2n) is 7.54. The minimum atomic E-state index is -0.351. The van der Waals surface area contributed by atoms with Gasteiger partial charge in [-0.3, -0.25) is 14.2 Å². The number of halogens is 1. The Balaban J connectivity index is 1.36. The number of amides is 1. The van der Waals surface area contributed by atoms with Crippen LogP contribution in [-0.4, -0.2) is 47.2 Å². The first-order chi connectivity index (χ1) is 16.5. The maximum Gasteiger partial charge on any atom is 0.276 e. The quantitative estimate of drug-likeness (QED) is 0.349. The summed E-state index contributed by atoms with van der Waals surface area (Å²) in [4.78, 5) is 17.2. The lowest BCUT2D eigenvalue weighted by atomic mass is 10.2. The third-order valence-corrected chi connectivity index (χ3v) is 5.82. The lowest BCUT2D eigenvalue weighted by Gasteiger charge is -2.04. The number of fused-ring (bicyclic) bond motifs is 1. The Bertz CT molecular complexity index is 1490. The number of aryl methyl sites for hydroxylation is 1. The first kappa shape index (κ1) is 21.8. The van der Waals surface area contributed by atoms with Crippen molar-refractivity contribution < 1.29 is 9.53 Å². The molecule has 1 N–H and O–H groups in total. The average molecular weight is 521 g/mol. The predicted molar refractivity (Wildman–Crippen MR) is 130 cm³/mol. The minimum Gasteiger partial charge on any atom is -0.497 e. The molecule has 1 amide bonds. The van der Waals surface area contributed by atoms with Crippen LogP contribution >= 0.6 is 15.9 Å². The average Bonchev–Trinajstić information content (AvgIpc) is 3.57. The molecule has 10 nitrogen and oxygen atoms in total. The number of rotatable bonds is 7. The number of anilines is 1. The van der Waals surface area contributed by atoms with Gasteiger partial charge in [-0.05, 0) is 46.6 Å². The second-order valence-corrected chi connectivity index (χ2v) is 8.40. The van der Waals surface area contributed by atoms with Crippen molar-refractivity contribution >= 4 is 33.2 Å². The number of nitrogens with one attached hydrogen (secondary N) is 1. The van der Waals surface area contributed by atoms with Gasteiger partial charge in [0.25, 0.3) is 5.91 Å². The molecule has 0 aliphatic rings. The van der Waals surface area contributed by atoms with E-state index in [1.54, 1.807) is 41.0 Å². The van der Waals surface area contributed by atoms with Crippen LogP contribution in [0.2, 0.25) is 0 Å². The highest BCUT2D eigenvalue weighted by atomic mass is 79.9.